The largest absolute Gasteiger partial charge is 0.495 e. The number of benzene rings is 3. The average molecular weight is 572 g/mol. The molecule has 0 aliphatic carbocycles. The Morgan fingerprint density at radius 2 is 1.50 bits per heavy atom. The van der Waals surface area contributed by atoms with Gasteiger partial charge in [0.1, 0.15) is 10.6 Å². The molecular weight excluding hydrogens is 549 g/mol. The van der Waals surface area contributed by atoms with E-state index in [1.165, 1.54) is 58.6 Å². The lowest BCUT2D eigenvalue weighted by molar-refractivity contribution is 0.102. The molecule has 0 aliphatic heterocycles. The van der Waals surface area contributed by atoms with Crippen LogP contribution in [0.25, 0.3) is 0 Å². The van der Waals surface area contributed by atoms with Gasteiger partial charge in [0, 0.05) is 26.8 Å². The highest BCUT2D eigenvalue weighted by molar-refractivity contribution is 7.92. The van der Waals surface area contributed by atoms with E-state index in [1.807, 2.05) is 0 Å². The van der Waals surface area contributed by atoms with Crippen molar-refractivity contribution in [3.05, 3.63) is 76.3 Å². The minimum absolute atomic E-state index is 0.00138. The second kappa shape index (κ2) is 10.7. The smallest absolute Gasteiger partial charge is 0.264 e. The summed E-state index contributed by atoms with van der Waals surface area (Å²) in [6.07, 6.45) is 0. The van der Waals surface area contributed by atoms with Gasteiger partial charge in [-0.3, -0.25) is 9.10 Å². The van der Waals surface area contributed by atoms with Crippen LogP contribution in [0.3, 0.4) is 0 Å². The van der Waals surface area contributed by atoms with Gasteiger partial charge in [0.2, 0.25) is 10.0 Å². The fourth-order valence-electron chi connectivity index (χ4n) is 3.19. The van der Waals surface area contributed by atoms with Crippen LogP contribution in [0.5, 0.6) is 5.75 Å². The monoisotopic (exact) mass is 571 g/mol. The predicted octanol–water partition coefficient (Wildman–Crippen LogP) is 4.33. The molecule has 0 atom stereocenters. The SMILES string of the molecule is COc1ccccc1N(C)S(=O)(=O)c1ccc(Cl)c(C(=O)Nc2ccc(Cl)c(S(=O)(=O)N(C)C)c2)c1. The van der Waals surface area contributed by atoms with E-state index in [4.69, 9.17) is 27.9 Å². The van der Waals surface area contributed by atoms with E-state index in [2.05, 4.69) is 5.32 Å². The molecule has 0 heterocycles. The Balaban J connectivity index is 1.97. The number of methoxy groups -OCH3 is 1. The summed E-state index contributed by atoms with van der Waals surface area (Å²) in [5, 5.41) is 2.52. The normalized spacial score (nSPS) is 11.9. The maximum Gasteiger partial charge on any atom is 0.264 e. The number of hydrogen-bond donors (Lipinski definition) is 1. The Bertz CT molecular complexity index is 1530. The van der Waals surface area contributed by atoms with E-state index in [-0.39, 0.29) is 31.1 Å². The van der Waals surface area contributed by atoms with E-state index in [0.29, 0.717) is 11.4 Å². The molecule has 3 rings (SSSR count). The van der Waals surface area contributed by atoms with Gasteiger partial charge in [-0.1, -0.05) is 35.3 Å². The molecular formula is C23H23Cl2N3O6S2. The number of nitrogens with zero attached hydrogens (tertiary/aromatic N) is 2. The number of ether oxygens (including phenoxy) is 1. The standard InChI is InChI=1S/C23H23Cl2N3O6S2/c1-27(2)36(32,33)22-13-15(9-11-19(22)25)26-23(29)17-14-16(10-12-18(17)24)35(30,31)28(3)20-7-5-6-8-21(20)34-4/h5-14H,1-4H3,(H,26,29). The number of carbonyl (C=O) groups is 1. The molecule has 0 aromatic heterocycles. The van der Waals surface area contributed by atoms with Crippen LogP contribution in [-0.2, 0) is 20.0 Å². The highest BCUT2D eigenvalue weighted by Crippen LogP contribution is 2.32. The molecule has 0 spiro atoms. The Hall–Kier alpha value is -2.83. The van der Waals surface area contributed by atoms with Crippen molar-refractivity contribution in [3.63, 3.8) is 0 Å². The quantitative estimate of drug-likeness (QED) is 0.430. The number of carbonyl (C=O) groups excluding carboxylic acids is 1. The Morgan fingerprint density at radius 3 is 2.14 bits per heavy atom. The van der Waals surface area contributed by atoms with Crippen LogP contribution < -0.4 is 14.4 Å². The first-order valence-electron chi connectivity index (χ1n) is 10.3. The minimum Gasteiger partial charge on any atom is -0.495 e. The predicted molar refractivity (Wildman–Crippen MR) is 140 cm³/mol. The van der Waals surface area contributed by atoms with Crippen LogP contribution in [0.4, 0.5) is 11.4 Å². The molecule has 192 valence electrons. The molecule has 0 unspecified atom stereocenters. The van der Waals surface area contributed by atoms with Gasteiger partial charge in [-0.05, 0) is 48.5 Å². The van der Waals surface area contributed by atoms with Crippen LogP contribution in [0.1, 0.15) is 10.4 Å². The first kappa shape index (κ1) is 27.8. The molecule has 3 aromatic carbocycles. The van der Waals surface area contributed by atoms with Crippen molar-refractivity contribution in [3.8, 4) is 5.75 Å². The lowest BCUT2D eigenvalue weighted by Gasteiger charge is -2.22. The summed E-state index contributed by atoms with van der Waals surface area (Å²) in [6.45, 7) is 0. The Kier molecular flexibility index (Phi) is 8.21. The van der Waals surface area contributed by atoms with Crippen molar-refractivity contribution in [2.24, 2.45) is 0 Å². The van der Waals surface area contributed by atoms with Crippen molar-refractivity contribution in [2.75, 3.05) is 37.9 Å². The maximum absolute atomic E-state index is 13.3. The van der Waals surface area contributed by atoms with E-state index >= 15 is 0 Å². The number of para-hydroxylation sites is 2. The summed E-state index contributed by atoms with van der Waals surface area (Å²) < 4.78 is 59.0. The van der Waals surface area contributed by atoms with E-state index < -0.39 is 26.0 Å². The van der Waals surface area contributed by atoms with Gasteiger partial charge in [-0.15, -0.1) is 0 Å². The lowest BCUT2D eigenvalue weighted by Crippen LogP contribution is -2.27. The Labute approximate surface area is 220 Å². The van der Waals surface area contributed by atoms with Crippen LogP contribution >= 0.6 is 23.2 Å². The van der Waals surface area contributed by atoms with Crippen molar-refractivity contribution in [1.29, 1.82) is 0 Å². The number of nitrogens with one attached hydrogen (secondary N) is 1. The van der Waals surface area contributed by atoms with Crippen LogP contribution in [0.2, 0.25) is 10.0 Å². The summed E-state index contributed by atoms with van der Waals surface area (Å²) in [7, 11) is -2.48. The highest BCUT2D eigenvalue weighted by Gasteiger charge is 2.26. The first-order valence-corrected chi connectivity index (χ1v) is 13.9. The molecule has 0 saturated carbocycles. The first-order chi connectivity index (χ1) is 16.8. The average Bonchev–Trinajstić information content (AvgIpc) is 2.84. The number of rotatable bonds is 8. The second-order valence-electron chi connectivity index (χ2n) is 7.67. The molecule has 36 heavy (non-hydrogen) atoms. The zero-order valence-electron chi connectivity index (χ0n) is 19.7. The third-order valence-corrected chi connectivity index (χ3v) is 9.61. The van der Waals surface area contributed by atoms with E-state index in [0.717, 1.165) is 14.7 Å². The molecule has 0 fully saturated rings. The van der Waals surface area contributed by atoms with Gasteiger partial charge in [0.25, 0.3) is 15.9 Å². The molecule has 1 N–H and O–H groups in total. The number of halogens is 2. The molecule has 0 bridgehead atoms. The fraction of sp³-hybridized carbons (Fsp3) is 0.174. The minimum atomic E-state index is -4.10. The molecule has 0 radical (unpaired) electrons. The van der Waals surface area contributed by atoms with Crippen molar-refractivity contribution >= 4 is 60.5 Å². The number of anilines is 2. The van der Waals surface area contributed by atoms with E-state index in [9.17, 15) is 21.6 Å². The van der Waals surface area contributed by atoms with Gasteiger partial charge in [-0.25, -0.2) is 21.1 Å². The third-order valence-electron chi connectivity index (χ3n) is 5.21. The summed E-state index contributed by atoms with van der Waals surface area (Å²) in [6, 6.07) is 14.3. The molecule has 0 saturated heterocycles. The molecule has 1 amide bonds. The molecule has 9 nitrogen and oxygen atoms in total. The summed E-state index contributed by atoms with van der Waals surface area (Å²) in [5.74, 6) is -0.394. The second-order valence-corrected chi connectivity index (χ2v) is 12.6. The lowest BCUT2D eigenvalue weighted by atomic mass is 10.2. The van der Waals surface area contributed by atoms with Crippen molar-refractivity contribution < 1.29 is 26.4 Å². The summed E-state index contributed by atoms with van der Waals surface area (Å²) in [5.41, 5.74) is 0.301. The van der Waals surface area contributed by atoms with Crippen LogP contribution in [0, 0.1) is 0 Å². The van der Waals surface area contributed by atoms with Crippen LogP contribution in [0.15, 0.2) is 70.5 Å². The molecule has 0 aliphatic rings. The van der Waals surface area contributed by atoms with Gasteiger partial charge in [0.05, 0.1) is 33.3 Å². The highest BCUT2D eigenvalue weighted by atomic mass is 35.5. The maximum atomic E-state index is 13.3. The number of amides is 1. The molecule has 13 heteroatoms. The fourth-order valence-corrected chi connectivity index (χ4v) is 6.02. The third kappa shape index (κ3) is 5.45. The number of sulfonamides is 2. The van der Waals surface area contributed by atoms with E-state index in [1.54, 1.807) is 24.3 Å². The van der Waals surface area contributed by atoms with Gasteiger partial charge in [0.15, 0.2) is 0 Å². The summed E-state index contributed by atoms with van der Waals surface area (Å²) >= 11 is 12.3. The van der Waals surface area contributed by atoms with Gasteiger partial charge >= 0.3 is 0 Å². The summed E-state index contributed by atoms with van der Waals surface area (Å²) in [4.78, 5) is 12.6. The zero-order valence-corrected chi connectivity index (χ0v) is 22.8. The number of hydrogen-bond acceptors (Lipinski definition) is 6. The zero-order chi connectivity index (χ0) is 26.8. The van der Waals surface area contributed by atoms with Crippen LogP contribution in [-0.4, -0.2) is 55.3 Å². The van der Waals surface area contributed by atoms with Crippen molar-refractivity contribution in [2.45, 2.75) is 9.79 Å². The molecule has 3 aromatic rings. The van der Waals surface area contributed by atoms with Gasteiger partial charge in [-0.2, -0.15) is 0 Å². The Morgan fingerprint density at radius 1 is 0.861 bits per heavy atom. The van der Waals surface area contributed by atoms with Crippen molar-refractivity contribution in [1.82, 2.24) is 4.31 Å². The van der Waals surface area contributed by atoms with Gasteiger partial charge < -0.3 is 10.1 Å². The topological polar surface area (TPSA) is 113 Å².